The number of aromatic nitrogens is 1. The highest BCUT2D eigenvalue weighted by molar-refractivity contribution is 7.89. The highest BCUT2D eigenvalue weighted by Gasteiger charge is 2.56. The minimum absolute atomic E-state index is 0.00968. The smallest absolute Gasteiger partial charge is 0.280 e. The number of likely N-dealkylation sites (tertiary alicyclic amines) is 1. The fraction of sp³-hybridized carbons (Fsp3) is 0.750. The summed E-state index contributed by atoms with van der Waals surface area (Å²) in [6, 6.07) is 2.86. The molecule has 6 nitrogen and oxygen atoms in total. The normalized spacial score (nSPS) is 30.3. The van der Waals surface area contributed by atoms with Crippen molar-refractivity contribution >= 4 is 10.0 Å². The number of sulfonamides is 1. The molecular formula is C20H29F2N3O3S. The minimum atomic E-state index is -3.72. The van der Waals surface area contributed by atoms with Crippen LogP contribution in [-0.2, 0) is 16.4 Å². The van der Waals surface area contributed by atoms with Gasteiger partial charge in [-0.1, -0.05) is 6.92 Å². The van der Waals surface area contributed by atoms with Gasteiger partial charge in [-0.15, -0.1) is 0 Å². The summed E-state index contributed by atoms with van der Waals surface area (Å²) in [6.07, 6.45) is 1.15. The molecule has 9 heteroatoms. The van der Waals surface area contributed by atoms with E-state index in [0.29, 0.717) is 19.1 Å². The standard InChI is InChI=1S/C20H29F2N3O3S/c1-3-15-17(5-4-16(23-15)18(21)22)29(27,28)25-12-20(13-25)10-24(11-20)14-6-8-19(2,26)9-7-14/h4-5,14,18,26H,3,6-13H2,1-2H3/t14-,19-. The molecule has 1 aromatic heterocycles. The molecule has 2 aliphatic heterocycles. The first-order valence-corrected chi connectivity index (χ1v) is 11.7. The zero-order valence-corrected chi connectivity index (χ0v) is 17.8. The van der Waals surface area contributed by atoms with Gasteiger partial charge in [0.2, 0.25) is 10.0 Å². The van der Waals surface area contributed by atoms with Crippen molar-refractivity contribution in [1.82, 2.24) is 14.2 Å². The minimum Gasteiger partial charge on any atom is -0.390 e. The van der Waals surface area contributed by atoms with E-state index < -0.39 is 22.0 Å². The lowest BCUT2D eigenvalue weighted by Crippen LogP contribution is -2.74. The Kier molecular flexibility index (Phi) is 5.25. The van der Waals surface area contributed by atoms with E-state index in [1.807, 2.05) is 6.92 Å². The van der Waals surface area contributed by atoms with Crippen LogP contribution in [0.15, 0.2) is 17.0 Å². The van der Waals surface area contributed by atoms with Crippen molar-refractivity contribution in [3.8, 4) is 0 Å². The van der Waals surface area contributed by atoms with Gasteiger partial charge in [-0.25, -0.2) is 17.2 Å². The molecule has 3 heterocycles. The van der Waals surface area contributed by atoms with Gasteiger partial charge in [0.05, 0.1) is 11.3 Å². The maximum Gasteiger partial charge on any atom is 0.280 e. The summed E-state index contributed by atoms with van der Waals surface area (Å²) in [5.41, 5.74) is -0.726. The van der Waals surface area contributed by atoms with E-state index in [9.17, 15) is 22.3 Å². The lowest BCUT2D eigenvalue weighted by Gasteiger charge is -2.62. The Balaban J connectivity index is 1.38. The second-order valence-electron chi connectivity index (χ2n) is 9.24. The van der Waals surface area contributed by atoms with Crippen LogP contribution in [0.5, 0.6) is 0 Å². The van der Waals surface area contributed by atoms with Crippen LogP contribution in [0.4, 0.5) is 8.78 Å². The Morgan fingerprint density at radius 3 is 2.38 bits per heavy atom. The van der Waals surface area contributed by atoms with Crippen LogP contribution in [-0.4, -0.2) is 65.5 Å². The molecule has 162 valence electrons. The van der Waals surface area contributed by atoms with Gasteiger partial charge in [-0.05, 0) is 51.2 Å². The van der Waals surface area contributed by atoms with E-state index in [1.165, 1.54) is 10.4 Å². The maximum atomic E-state index is 13.0. The summed E-state index contributed by atoms with van der Waals surface area (Å²) >= 11 is 0. The van der Waals surface area contributed by atoms with E-state index >= 15 is 0 Å². The summed E-state index contributed by atoms with van der Waals surface area (Å²) in [5, 5.41) is 10.1. The number of nitrogens with zero attached hydrogens (tertiary/aromatic N) is 3. The monoisotopic (exact) mass is 429 g/mol. The topological polar surface area (TPSA) is 73.7 Å². The molecule has 3 fully saturated rings. The van der Waals surface area contributed by atoms with Crippen molar-refractivity contribution in [2.45, 2.75) is 68.9 Å². The average Bonchev–Trinajstić information content (AvgIpc) is 2.59. The summed E-state index contributed by atoms with van der Waals surface area (Å²) in [5.74, 6) is 0. The Hall–Kier alpha value is -1.16. The van der Waals surface area contributed by atoms with Crippen LogP contribution in [0.1, 0.15) is 57.3 Å². The predicted molar refractivity (Wildman–Crippen MR) is 104 cm³/mol. The van der Waals surface area contributed by atoms with Gasteiger partial charge in [-0.2, -0.15) is 4.31 Å². The average molecular weight is 430 g/mol. The Morgan fingerprint density at radius 1 is 1.21 bits per heavy atom. The molecule has 4 rings (SSSR count). The molecule has 0 atom stereocenters. The van der Waals surface area contributed by atoms with Crippen molar-refractivity contribution in [2.24, 2.45) is 5.41 Å². The van der Waals surface area contributed by atoms with Gasteiger partial charge in [0.25, 0.3) is 6.43 Å². The van der Waals surface area contributed by atoms with E-state index in [-0.39, 0.29) is 28.1 Å². The number of hydrogen-bond donors (Lipinski definition) is 1. The summed E-state index contributed by atoms with van der Waals surface area (Å²) in [6.45, 7) is 6.32. The Labute approximate surface area is 171 Å². The number of rotatable bonds is 5. The van der Waals surface area contributed by atoms with E-state index in [1.54, 1.807) is 6.92 Å². The van der Waals surface area contributed by atoms with Crippen LogP contribution in [0.25, 0.3) is 0 Å². The summed E-state index contributed by atoms with van der Waals surface area (Å²) in [7, 11) is -3.72. The van der Waals surface area contributed by atoms with Crippen molar-refractivity contribution in [3.63, 3.8) is 0 Å². The zero-order valence-electron chi connectivity index (χ0n) is 16.9. The molecule has 0 unspecified atom stereocenters. The number of hydrogen-bond acceptors (Lipinski definition) is 5. The molecule has 0 radical (unpaired) electrons. The third-order valence-corrected chi connectivity index (χ3v) is 8.65. The lowest BCUT2D eigenvalue weighted by molar-refractivity contribution is -0.116. The molecule has 3 aliphatic rings. The second kappa shape index (κ2) is 7.21. The molecule has 29 heavy (non-hydrogen) atoms. The Morgan fingerprint density at radius 2 is 1.83 bits per heavy atom. The molecule has 1 saturated carbocycles. The molecule has 1 aromatic rings. The highest BCUT2D eigenvalue weighted by atomic mass is 32.2. The molecule has 1 N–H and O–H groups in total. The first kappa shape index (κ1) is 21.1. The largest absolute Gasteiger partial charge is 0.390 e. The molecule has 0 bridgehead atoms. The first-order valence-electron chi connectivity index (χ1n) is 10.3. The van der Waals surface area contributed by atoms with Gasteiger partial charge in [0.1, 0.15) is 10.6 Å². The highest BCUT2D eigenvalue weighted by Crippen LogP contribution is 2.45. The third kappa shape index (κ3) is 3.82. The quantitative estimate of drug-likeness (QED) is 0.779. The van der Waals surface area contributed by atoms with Gasteiger partial charge < -0.3 is 5.11 Å². The zero-order chi connectivity index (χ0) is 21.0. The van der Waals surface area contributed by atoms with Crippen LogP contribution in [0, 0.1) is 5.41 Å². The van der Waals surface area contributed by atoms with Crippen LogP contribution in [0.3, 0.4) is 0 Å². The van der Waals surface area contributed by atoms with Crippen LogP contribution < -0.4 is 0 Å². The fourth-order valence-electron chi connectivity index (χ4n) is 4.99. The fourth-order valence-corrected chi connectivity index (χ4v) is 6.88. The molecule has 1 aliphatic carbocycles. The van der Waals surface area contributed by atoms with E-state index in [2.05, 4.69) is 9.88 Å². The van der Waals surface area contributed by atoms with Crippen LogP contribution >= 0.6 is 0 Å². The van der Waals surface area contributed by atoms with Gasteiger partial charge in [0, 0.05) is 37.6 Å². The van der Waals surface area contributed by atoms with E-state index in [4.69, 9.17) is 0 Å². The first-order chi connectivity index (χ1) is 13.6. The summed E-state index contributed by atoms with van der Waals surface area (Å²) < 4.78 is 53.3. The molecule has 0 amide bonds. The number of pyridine rings is 1. The molecule has 2 saturated heterocycles. The number of aliphatic hydroxyl groups is 1. The number of halogens is 2. The third-order valence-electron chi connectivity index (χ3n) is 6.78. The second-order valence-corrected chi connectivity index (χ2v) is 11.1. The van der Waals surface area contributed by atoms with Gasteiger partial charge in [0.15, 0.2) is 0 Å². The molecular weight excluding hydrogens is 400 g/mol. The van der Waals surface area contributed by atoms with Crippen molar-refractivity contribution in [1.29, 1.82) is 0 Å². The maximum absolute atomic E-state index is 13.0. The van der Waals surface area contributed by atoms with Crippen molar-refractivity contribution in [2.75, 3.05) is 26.2 Å². The van der Waals surface area contributed by atoms with Crippen LogP contribution in [0.2, 0.25) is 0 Å². The van der Waals surface area contributed by atoms with Gasteiger partial charge >= 0.3 is 0 Å². The van der Waals surface area contributed by atoms with E-state index in [0.717, 1.165) is 44.8 Å². The molecule has 1 spiro atoms. The number of aryl methyl sites for hydroxylation is 1. The van der Waals surface area contributed by atoms with Crippen molar-refractivity contribution < 1.29 is 22.3 Å². The number of alkyl halides is 2. The van der Waals surface area contributed by atoms with Crippen molar-refractivity contribution in [3.05, 3.63) is 23.5 Å². The lowest BCUT2D eigenvalue weighted by atomic mass is 9.72. The predicted octanol–water partition coefficient (Wildman–Crippen LogP) is 2.58. The Bertz CT molecular complexity index is 867. The van der Waals surface area contributed by atoms with Gasteiger partial charge in [-0.3, -0.25) is 9.88 Å². The summed E-state index contributed by atoms with van der Waals surface area (Å²) in [4.78, 5) is 6.33. The SMILES string of the molecule is CCc1nc(C(F)F)ccc1S(=O)(=O)N1CC2(C1)CN([C@H]1CC[C@](C)(O)CC1)C2. The molecule has 0 aromatic carbocycles.